The smallest absolute Gasteiger partial charge is 0.273 e. The van der Waals surface area contributed by atoms with Crippen LogP contribution in [-0.4, -0.2) is 21.4 Å². The van der Waals surface area contributed by atoms with Gasteiger partial charge < -0.3 is 10.1 Å². The standard InChI is InChI=1S/C12H10Br2N4O3/c1-2-15-11-10(14)12(17-6-16-11)21-9-5-7(18(19)20)3-4-8(9)13/h3-6H,2H2,1H3,(H,15,16,17). The second kappa shape index (κ2) is 6.81. The van der Waals surface area contributed by atoms with Crippen molar-refractivity contribution in [1.82, 2.24) is 9.97 Å². The minimum atomic E-state index is -0.488. The highest BCUT2D eigenvalue weighted by Gasteiger charge is 2.15. The summed E-state index contributed by atoms with van der Waals surface area (Å²) in [5.41, 5.74) is -0.0646. The van der Waals surface area contributed by atoms with E-state index in [4.69, 9.17) is 4.74 Å². The Hall–Kier alpha value is -1.74. The van der Waals surface area contributed by atoms with Crippen LogP contribution in [-0.2, 0) is 0 Å². The summed E-state index contributed by atoms with van der Waals surface area (Å²) in [6, 6.07) is 4.26. The first-order valence-electron chi connectivity index (χ1n) is 5.89. The van der Waals surface area contributed by atoms with Crippen LogP contribution in [0.5, 0.6) is 11.6 Å². The Balaban J connectivity index is 2.36. The molecule has 2 aromatic rings. The predicted octanol–water partition coefficient (Wildman–Crippen LogP) is 4.13. The molecule has 1 aromatic carbocycles. The van der Waals surface area contributed by atoms with Gasteiger partial charge in [0.2, 0.25) is 5.88 Å². The molecule has 1 heterocycles. The molecular formula is C12H10Br2N4O3. The maximum atomic E-state index is 10.8. The van der Waals surface area contributed by atoms with Gasteiger partial charge in [-0.1, -0.05) is 0 Å². The molecular weight excluding hydrogens is 408 g/mol. The number of hydrogen-bond donors (Lipinski definition) is 1. The molecule has 0 aliphatic rings. The van der Waals surface area contributed by atoms with Gasteiger partial charge in [-0.15, -0.1) is 0 Å². The third-order valence-corrected chi connectivity index (χ3v) is 3.80. The van der Waals surface area contributed by atoms with E-state index in [0.717, 1.165) is 0 Å². The molecule has 0 aliphatic carbocycles. The average Bonchev–Trinajstić information content (AvgIpc) is 2.45. The van der Waals surface area contributed by atoms with E-state index in [0.29, 0.717) is 27.1 Å². The maximum absolute atomic E-state index is 10.8. The number of hydrogen-bond acceptors (Lipinski definition) is 6. The Morgan fingerprint density at radius 2 is 2.14 bits per heavy atom. The van der Waals surface area contributed by atoms with Crippen molar-refractivity contribution in [2.24, 2.45) is 0 Å². The van der Waals surface area contributed by atoms with Crippen LogP contribution in [0, 0.1) is 10.1 Å². The van der Waals surface area contributed by atoms with Crippen LogP contribution in [0.1, 0.15) is 6.92 Å². The number of non-ortho nitro benzene ring substituents is 1. The van der Waals surface area contributed by atoms with E-state index in [1.807, 2.05) is 6.92 Å². The number of nitro benzene ring substituents is 1. The lowest BCUT2D eigenvalue weighted by molar-refractivity contribution is -0.384. The van der Waals surface area contributed by atoms with Crippen LogP contribution in [0.4, 0.5) is 11.5 Å². The van der Waals surface area contributed by atoms with Gasteiger partial charge in [-0.2, -0.15) is 0 Å². The van der Waals surface area contributed by atoms with Crippen LogP contribution in [0.15, 0.2) is 33.5 Å². The molecule has 21 heavy (non-hydrogen) atoms. The van der Waals surface area contributed by atoms with Crippen LogP contribution in [0.3, 0.4) is 0 Å². The zero-order chi connectivity index (χ0) is 15.4. The molecule has 0 spiro atoms. The summed E-state index contributed by atoms with van der Waals surface area (Å²) >= 11 is 6.64. The van der Waals surface area contributed by atoms with Crippen molar-refractivity contribution >= 4 is 43.4 Å². The minimum Gasteiger partial charge on any atom is -0.436 e. The first-order valence-corrected chi connectivity index (χ1v) is 7.47. The van der Waals surface area contributed by atoms with Crippen molar-refractivity contribution in [2.45, 2.75) is 6.92 Å². The second-order valence-corrected chi connectivity index (χ2v) is 5.49. The van der Waals surface area contributed by atoms with E-state index in [2.05, 4.69) is 47.1 Å². The molecule has 0 bridgehead atoms. The molecule has 0 saturated carbocycles. The van der Waals surface area contributed by atoms with Gasteiger partial charge in [0.05, 0.1) is 15.5 Å². The normalized spacial score (nSPS) is 10.2. The molecule has 1 N–H and O–H groups in total. The van der Waals surface area contributed by atoms with Crippen molar-refractivity contribution in [3.05, 3.63) is 43.6 Å². The van der Waals surface area contributed by atoms with Crippen molar-refractivity contribution in [1.29, 1.82) is 0 Å². The lowest BCUT2D eigenvalue weighted by Crippen LogP contribution is -2.02. The fraction of sp³-hybridized carbons (Fsp3) is 0.167. The molecule has 110 valence electrons. The maximum Gasteiger partial charge on any atom is 0.273 e. The van der Waals surface area contributed by atoms with Crippen molar-refractivity contribution in [2.75, 3.05) is 11.9 Å². The van der Waals surface area contributed by atoms with Gasteiger partial charge in [0.1, 0.15) is 16.6 Å². The molecule has 0 saturated heterocycles. The predicted molar refractivity (Wildman–Crippen MR) is 84.8 cm³/mol. The molecule has 0 radical (unpaired) electrons. The SMILES string of the molecule is CCNc1ncnc(Oc2cc([N+](=O)[O-])ccc2Br)c1Br. The lowest BCUT2D eigenvalue weighted by Gasteiger charge is -2.10. The zero-order valence-corrected chi connectivity index (χ0v) is 14.0. The number of aromatic nitrogens is 2. The van der Waals surface area contributed by atoms with Crippen LogP contribution < -0.4 is 10.1 Å². The van der Waals surface area contributed by atoms with Gasteiger partial charge in [0.15, 0.2) is 5.75 Å². The first kappa shape index (κ1) is 15.6. The number of nitrogens with one attached hydrogen (secondary N) is 1. The number of nitro groups is 1. The third-order valence-electron chi connectivity index (χ3n) is 2.43. The fourth-order valence-corrected chi connectivity index (χ4v) is 2.26. The quantitative estimate of drug-likeness (QED) is 0.580. The average molecular weight is 418 g/mol. The van der Waals surface area contributed by atoms with Crippen LogP contribution in [0.2, 0.25) is 0 Å². The Labute approximate surface area is 137 Å². The van der Waals surface area contributed by atoms with E-state index < -0.39 is 4.92 Å². The van der Waals surface area contributed by atoms with E-state index >= 15 is 0 Å². The molecule has 1 aromatic heterocycles. The van der Waals surface area contributed by atoms with Crippen molar-refractivity contribution in [3.63, 3.8) is 0 Å². The van der Waals surface area contributed by atoms with Crippen molar-refractivity contribution < 1.29 is 9.66 Å². The molecule has 7 nitrogen and oxygen atoms in total. The number of rotatable bonds is 5. The monoisotopic (exact) mass is 416 g/mol. The largest absolute Gasteiger partial charge is 0.436 e. The first-order chi connectivity index (χ1) is 10.0. The molecule has 0 fully saturated rings. The van der Waals surface area contributed by atoms with Crippen LogP contribution in [0.25, 0.3) is 0 Å². The fourth-order valence-electron chi connectivity index (χ4n) is 1.50. The molecule has 0 atom stereocenters. The molecule has 0 unspecified atom stereocenters. The molecule has 2 rings (SSSR count). The summed E-state index contributed by atoms with van der Waals surface area (Å²) in [4.78, 5) is 18.4. The summed E-state index contributed by atoms with van der Waals surface area (Å²) in [6.07, 6.45) is 1.35. The van der Waals surface area contributed by atoms with Gasteiger partial charge in [-0.3, -0.25) is 10.1 Å². The minimum absolute atomic E-state index is 0.0646. The van der Waals surface area contributed by atoms with Gasteiger partial charge in [0.25, 0.3) is 5.69 Å². The molecule has 0 aliphatic heterocycles. The van der Waals surface area contributed by atoms with E-state index in [9.17, 15) is 10.1 Å². The summed E-state index contributed by atoms with van der Waals surface area (Å²) in [5.74, 6) is 1.15. The number of anilines is 1. The Bertz CT molecular complexity index is 682. The highest BCUT2D eigenvalue weighted by Crippen LogP contribution is 2.36. The Morgan fingerprint density at radius 1 is 1.38 bits per heavy atom. The lowest BCUT2D eigenvalue weighted by atomic mass is 10.3. The molecule has 9 heteroatoms. The Morgan fingerprint density at radius 3 is 2.81 bits per heavy atom. The number of halogens is 2. The summed E-state index contributed by atoms with van der Waals surface area (Å²) < 4.78 is 6.76. The van der Waals surface area contributed by atoms with Gasteiger partial charge in [-0.05, 0) is 44.8 Å². The van der Waals surface area contributed by atoms with Gasteiger partial charge >= 0.3 is 0 Å². The third kappa shape index (κ3) is 3.67. The topological polar surface area (TPSA) is 90.2 Å². The second-order valence-electron chi connectivity index (χ2n) is 3.85. The van der Waals surface area contributed by atoms with E-state index in [1.165, 1.54) is 18.5 Å². The molecule has 0 amide bonds. The highest BCUT2D eigenvalue weighted by atomic mass is 79.9. The van der Waals surface area contributed by atoms with Crippen molar-refractivity contribution in [3.8, 4) is 11.6 Å². The summed E-state index contributed by atoms with van der Waals surface area (Å²) in [5, 5.41) is 13.9. The van der Waals surface area contributed by atoms with E-state index in [-0.39, 0.29) is 11.6 Å². The summed E-state index contributed by atoms with van der Waals surface area (Å²) in [7, 11) is 0. The number of nitrogens with zero attached hydrogens (tertiary/aromatic N) is 3. The van der Waals surface area contributed by atoms with Gasteiger partial charge in [-0.25, -0.2) is 9.97 Å². The number of benzene rings is 1. The van der Waals surface area contributed by atoms with Gasteiger partial charge in [0, 0.05) is 12.6 Å². The Kier molecular flexibility index (Phi) is 5.07. The zero-order valence-electron chi connectivity index (χ0n) is 10.8. The van der Waals surface area contributed by atoms with Crippen LogP contribution >= 0.6 is 31.9 Å². The van der Waals surface area contributed by atoms with E-state index in [1.54, 1.807) is 6.07 Å². The summed E-state index contributed by atoms with van der Waals surface area (Å²) in [6.45, 7) is 2.63. The highest BCUT2D eigenvalue weighted by molar-refractivity contribution is 9.11. The number of ether oxygens (including phenoxy) is 1.